The molecule has 4 N–H and O–H groups in total. The summed E-state index contributed by atoms with van der Waals surface area (Å²) in [5.74, 6) is -1.65. The maximum absolute atomic E-state index is 14.2. The van der Waals surface area contributed by atoms with Gasteiger partial charge >= 0.3 is 0 Å². The molecule has 0 saturated heterocycles. The quantitative estimate of drug-likeness (QED) is 0.592. The van der Waals surface area contributed by atoms with E-state index in [2.05, 4.69) is 10.3 Å². The molecule has 1 heterocycles. The van der Waals surface area contributed by atoms with Gasteiger partial charge in [0.1, 0.15) is 23.2 Å². The lowest BCUT2D eigenvalue weighted by atomic mass is 10.1. The molecule has 0 atom stereocenters. The molecule has 1 aliphatic carbocycles. The third-order valence-electron chi connectivity index (χ3n) is 5.00. The van der Waals surface area contributed by atoms with Gasteiger partial charge < -0.3 is 21.1 Å². The van der Waals surface area contributed by atoms with Crippen molar-refractivity contribution in [1.82, 2.24) is 10.3 Å². The first-order chi connectivity index (χ1) is 14.3. The number of hydrogen-bond acceptors (Lipinski definition) is 5. The van der Waals surface area contributed by atoms with Crippen molar-refractivity contribution in [2.45, 2.75) is 18.9 Å². The number of benzene rings is 2. The van der Waals surface area contributed by atoms with Crippen LogP contribution in [0.1, 0.15) is 23.2 Å². The molecule has 30 heavy (non-hydrogen) atoms. The lowest BCUT2D eigenvalue weighted by molar-refractivity contribution is 0.0951. The van der Waals surface area contributed by atoms with Crippen molar-refractivity contribution in [1.29, 1.82) is 0 Å². The van der Waals surface area contributed by atoms with Crippen LogP contribution in [0.4, 0.5) is 26.0 Å². The van der Waals surface area contributed by atoms with Crippen LogP contribution in [0.25, 0.3) is 11.3 Å². The molecule has 1 fully saturated rings. The van der Waals surface area contributed by atoms with Crippen LogP contribution in [0.15, 0.2) is 48.5 Å². The Kier molecular flexibility index (Phi) is 4.99. The highest BCUT2D eigenvalue weighted by Gasteiger charge is 2.25. The molecular formula is C22H20F2N4O2. The van der Waals surface area contributed by atoms with E-state index in [1.54, 1.807) is 31.3 Å². The van der Waals surface area contributed by atoms with E-state index in [-0.39, 0.29) is 34.8 Å². The number of pyridine rings is 1. The number of rotatable bonds is 5. The first-order valence-corrected chi connectivity index (χ1v) is 9.43. The molecule has 1 aliphatic rings. The monoisotopic (exact) mass is 410 g/mol. The van der Waals surface area contributed by atoms with E-state index in [1.807, 2.05) is 0 Å². The topological polar surface area (TPSA) is 91.5 Å². The zero-order chi connectivity index (χ0) is 21.4. The molecule has 0 radical (unpaired) electrons. The summed E-state index contributed by atoms with van der Waals surface area (Å²) in [7, 11) is 1.62. The normalized spacial score (nSPS) is 13.2. The van der Waals surface area contributed by atoms with Crippen molar-refractivity contribution in [2.24, 2.45) is 0 Å². The molecule has 1 amide bonds. The molecule has 154 valence electrons. The SMILES string of the molecule is CN(c1ccc(O)c(-c2ccc(C(=O)NC3CC3)c(N)n2)c1)c1ccc(F)cc1F. The van der Waals surface area contributed by atoms with Crippen molar-refractivity contribution in [3.8, 4) is 17.0 Å². The maximum Gasteiger partial charge on any atom is 0.255 e. The van der Waals surface area contributed by atoms with Crippen molar-refractivity contribution < 1.29 is 18.7 Å². The van der Waals surface area contributed by atoms with Gasteiger partial charge in [-0.2, -0.15) is 0 Å². The van der Waals surface area contributed by atoms with Crippen molar-refractivity contribution >= 4 is 23.1 Å². The minimum absolute atomic E-state index is 0.0474. The summed E-state index contributed by atoms with van der Waals surface area (Å²) in [5, 5.41) is 13.2. The molecule has 0 unspecified atom stereocenters. The highest BCUT2D eigenvalue weighted by molar-refractivity contribution is 5.99. The number of anilines is 3. The average molecular weight is 410 g/mol. The number of phenolic OH excluding ortho intramolecular Hbond substituents is 1. The number of carbonyl (C=O) groups is 1. The van der Waals surface area contributed by atoms with Gasteiger partial charge in [0.05, 0.1) is 16.9 Å². The molecule has 0 bridgehead atoms. The number of nitrogens with zero attached hydrogens (tertiary/aromatic N) is 2. The molecule has 1 aromatic heterocycles. The van der Waals surface area contributed by atoms with Gasteiger partial charge in [0, 0.05) is 30.4 Å². The number of nitrogens with two attached hydrogens (primary N) is 1. The predicted octanol–water partition coefficient (Wildman–Crippen LogP) is 3.97. The van der Waals surface area contributed by atoms with Gasteiger partial charge in [0.15, 0.2) is 0 Å². The number of nitrogen functional groups attached to an aromatic ring is 1. The van der Waals surface area contributed by atoms with Gasteiger partial charge in [-0.15, -0.1) is 0 Å². The van der Waals surface area contributed by atoms with E-state index < -0.39 is 11.6 Å². The van der Waals surface area contributed by atoms with Crippen LogP contribution in [-0.4, -0.2) is 29.1 Å². The number of hydrogen-bond donors (Lipinski definition) is 3. The fraction of sp³-hybridized carbons (Fsp3) is 0.182. The molecule has 2 aromatic carbocycles. The fourth-order valence-corrected chi connectivity index (χ4v) is 3.14. The maximum atomic E-state index is 14.2. The first kappa shape index (κ1) is 19.6. The van der Waals surface area contributed by atoms with Crippen LogP contribution in [0.5, 0.6) is 5.75 Å². The lowest BCUT2D eigenvalue weighted by Crippen LogP contribution is -2.26. The Balaban J connectivity index is 1.66. The summed E-state index contributed by atoms with van der Waals surface area (Å²) in [6, 6.07) is 11.3. The summed E-state index contributed by atoms with van der Waals surface area (Å²) in [4.78, 5) is 18.0. The zero-order valence-electron chi connectivity index (χ0n) is 16.2. The van der Waals surface area contributed by atoms with Gasteiger partial charge in [0.2, 0.25) is 0 Å². The number of nitrogens with one attached hydrogen (secondary N) is 1. The largest absolute Gasteiger partial charge is 0.507 e. The van der Waals surface area contributed by atoms with Crippen LogP contribution in [0, 0.1) is 11.6 Å². The number of phenols is 1. The Bertz CT molecular complexity index is 1130. The smallest absolute Gasteiger partial charge is 0.255 e. The van der Waals surface area contributed by atoms with Crippen molar-refractivity contribution in [2.75, 3.05) is 17.7 Å². The number of amides is 1. The summed E-state index contributed by atoms with van der Waals surface area (Å²) >= 11 is 0. The van der Waals surface area contributed by atoms with E-state index in [0.717, 1.165) is 18.9 Å². The highest BCUT2D eigenvalue weighted by atomic mass is 19.1. The molecule has 0 spiro atoms. The van der Waals surface area contributed by atoms with Crippen LogP contribution < -0.4 is 16.0 Å². The van der Waals surface area contributed by atoms with Gasteiger partial charge in [-0.05, 0) is 55.3 Å². The second-order valence-electron chi connectivity index (χ2n) is 7.23. The Hall–Kier alpha value is -3.68. The van der Waals surface area contributed by atoms with Gasteiger partial charge in [-0.25, -0.2) is 13.8 Å². The fourth-order valence-electron chi connectivity index (χ4n) is 3.14. The number of aromatic hydroxyl groups is 1. The third-order valence-corrected chi connectivity index (χ3v) is 5.00. The van der Waals surface area contributed by atoms with Crippen molar-refractivity contribution in [3.63, 3.8) is 0 Å². The summed E-state index contributed by atoms with van der Waals surface area (Å²) < 4.78 is 27.4. The highest BCUT2D eigenvalue weighted by Crippen LogP contribution is 2.35. The Morgan fingerprint density at radius 2 is 1.93 bits per heavy atom. The minimum Gasteiger partial charge on any atom is -0.507 e. The Morgan fingerprint density at radius 3 is 2.60 bits per heavy atom. The first-order valence-electron chi connectivity index (χ1n) is 9.43. The summed E-state index contributed by atoms with van der Waals surface area (Å²) in [5.41, 5.74) is 7.70. The van der Waals surface area contributed by atoms with Crippen LogP contribution in [-0.2, 0) is 0 Å². The molecular weight excluding hydrogens is 390 g/mol. The van der Waals surface area contributed by atoms with Gasteiger partial charge in [-0.1, -0.05) is 0 Å². The van der Waals surface area contributed by atoms with Crippen molar-refractivity contribution in [3.05, 3.63) is 65.7 Å². The minimum atomic E-state index is -0.708. The predicted molar refractivity (Wildman–Crippen MR) is 111 cm³/mol. The Labute approximate surface area is 172 Å². The number of aromatic nitrogens is 1. The molecule has 1 saturated carbocycles. The Morgan fingerprint density at radius 1 is 1.17 bits per heavy atom. The van der Waals surface area contributed by atoms with Crippen LogP contribution in [0.3, 0.4) is 0 Å². The molecule has 0 aliphatic heterocycles. The standard InChI is InChI=1S/C22H20F2N4O2/c1-28(19-8-2-12(23)10-17(19)24)14-5-9-20(29)16(11-14)18-7-6-15(21(25)27-18)22(30)26-13-3-4-13/h2,5-11,13,29H,3-4H2,1H3,(H2,25,27)(H,26,30). The van der Waals surface area contributed by atoms with Crippen LogP contribution >= 0.6 is 0 Å². The zero-order valence-corrected chi connectivity index (χ0v) is 16.2. The van der Waals surface area contributed by atoms with Gasteiger partial charge in [-0.3, -0.25) is 4.79 Å². The number of halogens is 2. The van der Waals surface area contributed by atoms with Crippen LogP contribution in [0.2, 0.25) is 0 Å². The average Bonchev–Trinajstić information content (AvgIpc) is 3.51. The lowest BCUT2D eigenvalue weighted by Gasteiger charge is -2.21. The third kappa shape index (κ3) is 3.89. The van der Waals surface area contributed by atoms with E-state index >= 15 is 0 Å². The van der Waals surface area contributed by atoms with E-state index in [4.69, 9.17) is 5.73 Å². The van der Waals surface area contributed by atoms with E-state index in [9.17, 15) is 18.7 Å². The van der Waals surface area contributed by atoms with E-state index in [0.29, 0.717) is 16.9 Å². The van der Waals surface area contributed by atoms with E-state index in [1.165, 1.54) is 23.1 Å². The molecule has 4 rings (SSSR count). The summed E-state index contributed by atoms with van der Waals surface area (Å²) in [6.45, 7) is 0. The second-order valence-corrected chi connectivity index (χ2v) is 7.23. The number of carbonyl (C=O) groups excluding carboxylic acids is 1. The van der Waals surface area contributed by atoms with Gasteiger partial charge in [0.25, 0.3) is 5.91 Å². The molecule has 6 nitrogen and oxygen atoms in total. The second kappa shape index (κ2) is 7.62. The molecule has 8 heteroatoms. The summed E-state index contributed by atoms with van der Waals surface area (Å²) in [6.07, 6.45) is 1.92. The molecule has 3 aromatic rings.